The maximum atomic E-state index is 5.73. The van der Waals surface area contributed by atoms with Crippen LogP contribution in [-0.2, 0) is 0 Å². The first-order chi connectivity index (χ1) is 8.70. The number of aromatic nitrogens is 1. The van der Waals surface area contributed by atoms with Crippen molar-refractivity contribution in [1.82, 2.24) is 4.98 Å². The van der Waals surface area contributed by atoms with Crippen LogP contribution in [0, 0.1) is 0 Å². The average Bonchev–Trinajstić information content (AvgIpc) is 2.35. The lowest BCUT2D eigenvalue weighted by atomic mass is 10.1. The zero-order valence-electron chi connectivity index (χ0n) is 11.2. The maximum absolute atomic E-state index is 5.73. The Bertz CT molecular complexity index is 523. The molecule has 0 unspecified atom stereocenters. The number of nitrogens with one attached hydrogen (secondary N) is 1. The molecule has 1 aromatic heterocycles. The summed E-state index contributed by atoms with van der Waals surface area (Å²) in [5.74, 6) is 1.83. The normalized spacial score (nSPS) is 10.9. The maximum Gasteiger partial charge on any atom is 0.133 e. The monoisotopic (exact) mass is 244 g/mol. The number of hydrogen-bond donors (Lipinski definition) is 1. The largest absolute Gasteiger partial charge is 0.491 e. The van der Waals surface area contributed by atoms with Gasteiger partial charge in [0.25, 0.3) is 0 Å². The molecule has 0 aliphatic carbocycles. The summed E-state index contributed by atoms with van der Waals surface area (Å²) in [6, 6.07) is 8.16. The van der Waals surface area contributed by atoms with Gasteiger partial charge in [-0.15, -0.1) is 0 Å². The number of fused-ring (bicyclic) bond motifs is 1. The van der Waals surface area contributed by atoms with E-state index in [9.17, 15) is 0 Å². The van der Waals surface area contributed by atoms with Gasteiger partial charge in [-0.05, 0) is 43.9 Å². The van der Waals surface area contributed by atoms with E-state index in [1.54, 1.807) is 0 Å². The van der Waals surface area contributed by atoms with E-state index in [1.807, 2.05) is 32.2 Å². The van der Waals surface area contributed by atoms with Crippen molar-refractivity contribution in [3.05, 3.63) is 30.5 Å². The van der Waals surface area contributed by atoms with Crippen LogP contribution in [0.1, 0.15) is 27.2 Å². The molecule has 0 amide bonds. The Kier molecular flexibility index (Phi) is 4.03. The fraction of sp³-hybridized carbons (Fsp3) is 0.400. The van der Waals surface area contributed by atoms with Crippen LogP contribution < -0.4 is 10.1 Å². The molecule has 0 atom stereocenters. The molecule has 0 fully saturated rings. The van der Waals surface area contributed by atoms with E-state index in [0.29, 0.717) is 0 Å². The fourth-order valence-electron chi connectivity index (χ4n) is 1.88. The minimum absolute atomic E-state index is 0.186. The van der Waals surface area contributed by atoms with Crippen LogP contribution in [-0.4, -0.2) is 17.6 Å². The van der Waals surface area contributed by atoms with Crippen molar-refractivity contribution >= 4 is 16.6 Å². The van der Waals surface area contributed by atoms with Gasteiger partial charge in [0, 0.05) is 18.1 Å². The Morgan fingerprint density at radius 2 is 2.11 bits per heavy atom. The summed E-state index contributed by atoms with van der Waals surface area (Å²) < 4.78 is 5.73. The quantitative estimate of drug-likeness (QED) is 0.867. The van der Waals surface area contributed by atoms with Crippen LogP contribution in [0.3, 0.4) is 0 Å². The Balaban J connectivity index is 2.38. The molecule has 0 aliphatic heterocycles. The molecule has 3 nitrogen and oxygen atoms in total. The minimum Gasteiger partial charge on any atom is -0.491 e. The van der Waals surface area contributed by atoms with Gasteiger partial charge in [-0.1, -0.05) is 13.0 Å². The molecule has 0 aliphatic rings. The average molecular weight is 244 g/mol. The van der Waals surface area contributed by atoms with Crippen molar-refractivity contribution in [2.75, 3.05) is 11.9 Å². The van der Waals surface area contributed by atoms with Crippen LogP contribution in [0.5, 0.6) is 5.75 Å². The van der Waals surface area contributed by atoms with Crippen molar-refractivity contribution in [3.8, 4) is 5.75 Å². The van der Waals surface area contributed by atoms with Gasteiger partial charge in [-0.3, -0.25) is 0 Å². The minimum atomic E-state index is 0.186. The third kappa shape index (κ3) is 2.92. The Labute approximate surface area is 108 Å². The SMILES string of the molecule is CCCNc1nccc2ccc(OC(C)C)cc12. The molecule has 1 heterocycles. The summed E-state index contributed by atoms with van der Waals surface area (Å²) in [6.07, 6.45) is 3.11. The molecule has 96 valence electrons. The lowest BCUT2D eigenvalue weighted by Gasteiger charge is -2.12. The molecule has 0 saturated carbocycles. The van der Waals surface area contributed by atoms with Gasteiger partial charge in [0.15, 0.2) is 0 Å². The highest BCUT2D eigenvalue weighted by atomic mass is 16.5. The molecule has 1 N–H and O–H groups in total. The van der Waals surface area contributed by atoms with E-state index < -0.39 is 0 Å². The second-order valence-corrected chi connectivity index (χ2v) is 4.64. The van der Waals surface area contributed by atoms with E-state index in [4.69, 9.17) is 4.74 Å². The fourth-order valence-corrected chi connectivity index (χ4v) is 1.88. The molecule has 18 heavy (non-hydrogen) atoms. The number of rotatable bonds is 5. The number of ether oxygens (including phenoxy) is 1. The van der Waals surface area contributed by atoms with Gasteiger partial charge in [0.2, 0.25) is 0 Å². The number of pyridine rings is 1. The number of hydrogen-bond acceptors (Lipinski definition) is 3. The summed E-state index contributed by atoms with van der Waals surface area (Å²) in [5, 5.41) is 5.65. The van der Waals surface area contributed by atoms with E-state index in [2.05, 4.69) is 29.4 Å². The van der Waals surface area contributed by atoms with E-state index in [1.165, 1.54) is 5.39 Å². The summed E-state index contributed by atoms with van der Waals surface area (Å²) in [7, 11) is 0. The van der Waals surface area contributed by atoms with Gasteiger partial charge in [-0.2, -0.15) is 0 Å². The first kappa shape index (κ1) is 12.7. The standard InChI is InChI=1S/C15H20N2O/c1-4-8-16-15-14-10-13(18-11(2)3)6-5-12(14)7-9-17-15/h5-7,9-11H,4,8H2,1-3H3,(H,16,17). The molecule has 0 radical (unpaired) electrons. The van der Waals surface area contributed by atoms with Crippen LogP contribution in [0.2, 0.25) is 0 Å². The van der Waals surface area contributed by atoms with Crippen LogP contribution in [0.25, 0.3) is 10.8 Å². The highest BCUT2D eigenvalue weighted by Crippen LogP contribution is 2.26. The predicted molar refractivity (Wildman–Crippen MR) is 76.3 cm³/mol. The first-order valence-electron chi connectivity index (χ1n) is 6.50. The molecule has 0 saturated heterocycles. The molecule has 0 spiro atoms. The van der Waals surface area contributed by atoms with E-state index >= 15 is 0 Å². The second-order valence-electron chi connectivity index (χ2n) is 4.64. The van der Waals surface area contributed by atoms with Crippen molar-refractivity contribution in [2.45, 2.75) is 33.3 Å². The van der Waals surface area contributed by atoms with Crippen molar-refractivity contribution in [2.24, 2.45) is 0 Å². The van der Waals surface area contributed by atoms with Crippen molar-refractivity contribution in [1.29, 1.82) is 0 Å². The van der Waals surface area contributed by atoms with Crippen molar-refractivity contribution in [3.63, 3.8) is 0 Å². The van der Waals surface area contributed by atoms with E-state index in [-0.39, 0.29) is 6.10 Å². The number of nitrogens with zero attached hydrogens (tertiary/aromatic N) is 1. The third-order valence-corrected chi connectivity index (χ3v) is 2.65. The summed E-state index contributed by atoms with van der Waals surface area (Å²) in [4.78, 5) is 4.40. The summed E-state index contributed by atoms with van der Waals surface area (Å²) in [6.45, 7) is 7.14. The summed E-state index contributed by atoms with van der Waals surface area (Å²) >= 11 is 0. The number of benzene rings is 1. The Morgan fingerprint density at radius 3 is 2.83 bits per heavy atom. The lowest BCUT2D eigenvalue weighted by Crippen LogP contribution is -2.06. The zero-order chi connectivity index (χ0) is 13.0. The predicted octanol–water partition coefficient (Wildman–Crippen LogP) is 3.84. The van der Waals surface area contributed by atoms with Crippen LogP contribution in [0.15, 0.2) is 30.5 Å². The molecular weight excluding hydrogens is 224 g/mol. The molecule has 1 aromatic carbocycles. The van der Waals surface area contributed by atoms with Gasteiger partial charge in [0.1, 0.15) is 11.6 Å². The molecule has 3 heteroatoms. The molecule has 2 rings (SSSR count). The highest BCUT2D eigenvalue weighted by Gasteiger charge is 2.04. The Morgan fingerprint density at radius 1 is 1.28 bits per heavy atom. The smallest absolute Gasteiger partial charge is 0.133 e. The van der Waals surface area contributed by atoms with Crippen LogP contribution in [0.4, 0.5) is 5.82 Å². The van der Waals surface area contributed by atoms with Gasteiger partial charge in [0.05, 0.1) is 6.10 Å². The second kappa shape index (κ2) is 5.71. The van der Waals surface area contributed by atoms with Crippen molar-refractivity contribution < 1.29 is 4.74 Å². The highest BCUT2D eigenvalue weighted by molar-refractivity contribution is 5.92. The first-order valence-corrected chi connectivity index (χ1v) is 6.50. The summed E-state index contributed by atoms with van der Waals surface area (Å²) in [5.41, 5.74) is 0. The van der Waals surface area contributed by atoms with E-state index in [0.717, 1.165) is 29.9 Å². The zero-order valence-corrected chi connectivity index (χ0v) is 11.2. The van der Waals surface area contributed by atoms with Gasteiger partial charge < -0.3 is 10.1 Å². The third-order valence-electron chi connectivity index (χ3n) is 2.65. The topological polar surface area (TPSA) is 34.2 Å². The molecule has 2 aromatic rings. The van der Waals surface area contributed by atoms with Crippen LogP contribution >= 0.6 is 0 Å². The van der Waals surface area contributed by atoms with Gasteiger partial charge in [-0.25, -0.2) is 4.98 Å². The molecule has 0 bridgehead atoms. The number of anilines is 1. The Hall–Kier alpha value is -1.77. The van der Waals surface area contributed by atoms with Gasteiger partial charge >= 0.3 is 0 Å². The molecular formula is C15H20N2O. The lowest BCUT2D eigenvalue weighted by molar-refractivity contribution is 0.243.